The number of urea groups is 1. The summed E-state index contributed by atoms with van der Waals surface area (Å²) in [5.41, 5.74) is -5.11. The highest BCUT2D eigenvalue weighted by Gasteiger charge is 2.39. The Morgan fingerprint density at radius 2 is 2.05 bits per heavy atom. The van der Waals surface area contributed by atoms with Crippen LogP contribution in [0.1, 0.15) is 6.92 Å². The van der Waals surface area contributed by atoms with Crippen LogP contribution in [0.5, 0.6) is 0 Å². The Balaban J connectivity index is 2.83. The first-order valence-corrected chi connectivity index (χ1v) is 6.92. The van der Waals surface area contributed by atoms with Crippen LogP contribution in [0.15, 0.2) is 29.2 Å². The number of alkyl halides is 3. The second kappa shape index (κ2) is 7.08. The van der Waals surface area contributed by atoms with Gasteiger partial charge in [-0.05, 0) is 19.1 Å². The molecule has 0 aliphatic heterocycles. The van der Waals surface area contributed by atoms with Gasteiger partial charge >= 0.3 is 11.5 Å². The summed E-state index contributed by atoms with van der Waals surface area (Å²) in [4.78, 5) is 11.0. The van der Waals surface area contributed by atoms with E-state index in [0.29, 0.717) is 0 Å². The number of hydrogen-bond donors (Lipinski definition) is 2. The van der Waals surface area contributed by atoms with Gasteiger partial charge in [-0.3, -0.25) is 0 Å². The molecular formula is C12H12F3N3O2S. The lowest BCUT2D eigenvalue weighted by atomic mass is 10.2. The Bertz CT molecular complexity index is 584. The summed E-state index contributed by atoms with van der Waals surface area (Å²) in [6.45, 7) is 1.62. The van der Waals surface area contributed by atoms with Gasteiger partial charge < -0.3 is 10.6 Å². The lowest BCUT2D eigenvalue weighted by Crippen LogP contribution is -2.32. The Hall–Kier alpha value is -2.08. The molecule has 0 fully saturated rings. The van der Waals surface area contributed by atoms with Gasteiger partial charge in [-0.25, -0.2) is 9.00 Å². The summed E-state index contributed by atoms with van der Waals surface area (Å²) in [5, 5.41) is 13.1. The van der Waals surface area contributed by atoms with E-state index in [-0.39, 0.29) is 12.2 Å². The molecule has 0 spiro atoms. The molecule has 2 amide bonds. The van der Waals surface area contributed by atoms with E-state index in [4.69, 9.17) is 5.26 Å². The minimum atomic E-state index is -4.91. The predicted molar refractivity (Wildman–Crippen MR) is 70.7 cm³/mol. The Kier molecular flexibility index (Phi) is 5.72. The van der Waals surface area contributed by atoms with E-state index in [1.165, 1.54) is 18.2 Å². The molecule has 1 aromatic carbocycles. The van der Waals surface area contributed by atoms with Gasteiger partial charge in [0.1, 0.15) is 0 Å². The first kappa shape index (κ1) is 17.0. The molecule has 0 radical (unpaired) electrons. The van der Waals surface area contributed by atoms with Crippen molar-refractivity contribution in [3.05, 3.63) is 24.3 Å². The van der Waals surface area contributed by atoms with E-state index >= 15 is 0 Å². The maximum Gasteiger partial charge on any atom is 0.475 e. The Labute approximate surface area is 121 Å². The summed E-state index contributed by atoms with van der Waals surface area (Å²) in [7, 11) is -3.24. The zero-order chi connectivity index (χ0) is 16.0. The smallest absolute Gasteiger partial charge is 0.337 e. The summed E-state index contributed by atoms with van der Waals surface area (Å²) in [5.74, 6) is -0.435. The highest BCUT2D eigenvalue weighted by Crippen LogP contribution is 2.30. The van der Waals surface area contributed by atoms with E-state index < -0.39 is 33.2 Å². The average molecular weight is 319 g/mol. The number of benzene rings is 1. The fourth-order valence-electron chi connectivity index (χ4n) is 1.31. The minimum absolute atomic E-state index is 0.0485. The lowest BCUT2D eigenvalue weighted by Gasteiger charge is -2.13. The molecule has 0 heterocycles. The molecule has 0 aromatic heterocycles. The summed E-state index contributed by atoms with van der Waals surface area (Å²) in [6, 6.07) is 6.06. The van der Waals surface area contributed by atoms with Crippen molar-refractivity contribution in [3.63, 3.8) is 0 Å². The average Bonchev–Trinajstić information content (AvgIpc) is 2.43. The summed E-state index contributed by atoms with van der Waals surface area (Å²) < 4.78 is 48.8. The zero-order valence-corrected chi connectivity index (χ0v) is 11.7. The number of nitrogens with zero attached hydrogens (tertiary/aromatic N) is 1. The molecular weight excluding hydrogens is 307 g/mol. The molecule has 2 atom stereocenters. The number of anilines is 1. The van der Waals surface area contributed by atoms with Crippen molar-refractivity contribution in [2.24, 2.45) is 5.92 Å². The van der Waals surface area contributed by atoms with E-state index in [9.17, 15) is 22.2 Å². The van der Waals surface area contributed by atoms with Crippen LogP contribution in [0.4, 0.5) is 23.7 Å². The van der Waals surface area contributed by atoms with Crippen LogP contribution in [0.25, 0.3) is 0 Å². The number of halogens is 3. The van der Waals surface area contributed by atoms with E-state index in [2.05, 4.69) is 10.6 Å². The maximum absolute atomic E-state index is 12.5. The molecule has 0 aliphatic rings. The summed E-state index contributed by atoms with van der Waals surface area (Å²) in [6.07, 6.45) is 0. The van der Waals surface area contributed by atoms with Gasteiger partial charge in [0.25, 0.3) is 0 Å². The fourth-order valence-corrected chi connectivity index (χ4v) is 2.08. The second-order valence-electron chi connectivity index (χ2n) is 4.08. The van der Waals surface area contributed by atoms with Gasteiger partial charge in [0.2, 0.25) is 0 Å². The van der Waals surface area contributed by atoms with Gasteiger partial charge in [-0.15, -0.1) is 0 Å². The third-order valence-corrected chi connectivity index (χ3v) is 3.51. The quantitative estimate of drug-likeness (QED) is 0.895. The monoisotopic (exact) mass is 319 g/mol. The number of carbonyl (C=O) groups is 1. The first-order chi connectivity index (χ1) is 9.75. The normalized spacial score (nSPS) is 13.9. The number of hydrogen-bond acceptors (Lipinski definition) is 3. The highest BCUT2D eigenvalue weighted by molar-refractivity contribution is 7.86. The number of rotatable bonds is 4. The largest absolute Gasteiger partial charge is 0.475 e. The molecule has 0 saturated heterocycles. The number of amides is 2. The molecule has 114 valence electrons. The lowest BCUT2D eigenvalue weighted by molar-refractivity contribution is -0.0384. The molecule has 21 heavy (non-hydrogen) atoms. The van der Waals surface area contributed by atoms with E-state index in [0.717, 1.165) is 6.07 Å². The van der Waals surface area contributed by atoms with Gasteiger partial charge in [0.15, 0.2) is 10.8 Å². The van der Waals surface area contributed by atoms with Crippen molar-refractivity contribution in [2.45, 2.75) is 17.3 Å². The first-order valence-electron chi connectivity index (χ1n) is 5.77. The molecule has 2 unspecified atom stereocenters. The van der Waals surface area contributed by atoms with Crippen molar-refractivity contribution in [3.8, 4) is 6.07 Å². The predicted octanol–water partition coefficient (Wildman–Crippen LogP) is 2.60. The molecule has 2 N–H and O–H groups in total. The number of nitriles is 1. The SMILES string of the molecule is CC(C#N)CNC(=O)Nc1ccccc1S(=O)C(F)(F)F. The standard InChI is InChI=1S/C12H12F3N3O2S/c1-8(6-16)7-17-11(19)18-9-4-2-3-5-10(9)21(20)12(13,14)15/h2-5,8H,7H2,1H3,(H2,17,18,19). The van der Waals surface area contributed by atoms with Crippen molar-refractivity contribution >= 4 is 22.5 Å². The van der Waals surface area contributed by atoms with Crippen LogP contribution in [-0.2, 0) is 10.8 Å². The second-order valence-corrected chi connectivity index (χ2v) is 5.52. The van der Waals surface area contributed by atoms with Crippen LogP contribution in [0, 0.1) is 17.2 Å². The van der Waals surface area contributed by atoms with Crippen molar-refractivity contribution in [1.29, 1.82) is 5.26 Å². The number of nitrogens with one attached hydrogen (secondary N) is 2. The molecule has 0 aliphatic carbocycles. The number of carbonyl (C=O) groups excluding carboxylic acids is 1. The summed E-state index contributed by atoms with van der Waals surface area (Å²) >= 11 is 0. The molecule has 1 aromatic rings. The van der Waals surface area contributed by atoms with Gasteiger partial charge in [-0.1, -0.05) is 12.1 Å². The highest BCUT2D eigenvalue weighted by atomic mass is 32.2. The van der Waals surface area contributed by atoms with Crippen molar-refractivity contribution in [2.75, 3.05) is 11.9 Å². The van der Waals surface area contributed by atoms with Gasteiger partial charge in [0.05, 0.1) is 22.6 Å². The van der Waals surface area contributed by atoms with Crippen LogP contribution in [0.3, 0.4) is 0 Å². The number of para-hydroxylation sites is 1. The fraction of sp³-hybridized carbons (Fsp3) is 0.333. The third-order valence-electron chi connectivity index (χ3n) is 2.33. The Morgan fingerprint density at radius 3 is 2.62 bits per heavy atom. The minimum Gasteiger partial charge on any atom is -0.337 e. The van der Waals surface area contributed by atoms with Crippen LogP contribution < -0.4 is 10.6 Å². The zero-order valence-electron chi connectivity index (χ0n) is 10.9. The van der Waals surface area contributed by atoms with Crippen molar-refractivity contribution in [1.82, 2.24) is 5.32 Å². The molecule has 5 nitrogen and oxygen atoms in total. The molecule has 0 saturated carbocycles. The van der Waals surface area contributed by atoms with Crippen LogP contribution >= 0.6 is 0 Å². The maximum atomic E-state index is 12.5. The van der Waals surface area contributed by atoms with Crippen molar-refractivity contribution < 1.29 is 22.2 Å². The Morgan fingerprint density at radius 1 is 1.43 bits per heavy atom. The van der Waals surface area contributed by atoms with E-state index in [1.807, 2.05) is 6.07 Å². The van der Waals surface area contributed by atoms with Crippen LogP contribution in [0.2, 0.25) is 0 Å². The molecule has 0 bridgehead atoms. The third kappa shape index (κ3) is 5.07. The molecule has 1 rings (SSSR count). The topological polar surface area (TPSA) is 82.0 Å². The van der Waals surface area contributed by atoms with E-state index in [1.54, 1.807) is 6.92 Å². The van der Waals surface area contributed by atoms with Gasteiger partial charge in [-0.2, -0.15) is 18.4 Å². The molecule has 9 heteroatoms. The van der Waals surface area contributed by atoms with Crippen LogP contribution in [-0.4, -0.2) is 22.3 Å². The van der Waals surface area contributed by atoms with Gasteiger partial charge in [0, 0.05) is 6.54 Å².